The van der Waals surface area contributed by atoms with E-state index in [-0.39, 0.29) is 34.4 Å². The molecule has 0 radical (unpaired) electrons. The van der Waals surface area contributed by atoms with Crippen molar-refractivity contribution in [2.45, 2.75) is 6.55 Å². The molecule has 0 aliphatic carbocycles. The SMILES string of the molecule is C[SiH3].[AlH3].[Fe]. The van der Waals surface area contributed by atoms with E-state index >= 15 is 0 Å². The van der Waals surface area contributed by atoms with Crippen LogP contribution < -0.4 is 0 Å². The molecule has 3 heteroatoms. The molecule has 0 nitrogen and oxygen atoms in total. The van der Waals surface area contributed by atoms with E-state index in [0.717, 1.165) is 0 Å². The van der Waals surface area contributed by atoms with Crippen LogP contribution in [0.2, 0.25) is 6.55 Å². The fraction of sp³-hybridized carbons (Fsp3) is 1.00. The summed E-state index contributed by atoms with van der Waals surface area (Å²) >= 11 is 0. The molecular weight excluding hydrogens is 123 g/mol. The molecule has 0 aliphatic rings. The molecule has 0 fully saturated rings. The van der Waals surface area contributed by atoms with E-state index in [1.54, 1.807) is 0 Å². The number of rotatable bonds is 0. The Kier molecular flexibility index (Phi) is 132. The molecule has 0 bridgehead atoms. The van der Waals surface area contributed by atoms with Gasteiger partial charge in [-0.15, -0.1) is 0 Å². The van der Waals surface area contributed by atoms with Crippen LogP contribution in [0.15, 0.2) is 0 Å². The molecule has 0 unspecified atom stereocenters. The Balaban J connectivity index is -0.00000000500. The molecule has 28 valence electrons. The maximum absolute atomic E-state index is 2.14. The predicted octanol–water partition coefficient (Wildman–Crippen LogP) is -1.79. The van der Waals surface area contributed by atoms with Crippen LogP contribution in [0.1, 0.15) is 0 Å². The van der Waals surface area contributed by atoms with Gasteiger partial charge in [-0.2, -0.15) is 0 Å². The third-order valence-electron chi connectivity index (χ3n) is 0. The molecule has 0 rings (SSSR count). The van der Waals surface area contributed by atoms with E-state index in [1.165, 1.54) is 10.2 Å². The monoisotopic (exact) mass is 132 g/mol. The second-order valence-electron chi connectivity index (χ2n) is 0. The van der Waals surface area contributed by atoms with Gasteiger partial charge in [-0.1, -0.05) is 6.55 Å². The van der Waals surface area contributed by atoms with Crippen molar-refractivity contribution in [1.82, 2.24) is 0 Å². The van der Waals surface area contributed by atoms with Crippen molar-refractivity contribution in [3.63, 3.8) is 0 Å². The Morgan fingerprint density at radius 2 is 1.25 bits per heavy atom. The van der Waals surface area contributed by atoms with E-state index in [2.05, 4.69) is 6.55 Å². The largest absolute Gasteiger partial charge is 0.187 e. The zero-order valence-corrected chi connectivity index (χ0v) is 5.46. The summed E-state index contributed by atoms with van der Waals surface area (Å²) in [4.78, 5) is 0. The first kappa shape index (κ1) is 18.7. The molecule has 0 aromatic heterocycles. The van der Waals surface area contributed by atoms with Crippen molar-refractivity contribution in [3.05, 3.63) is 0 Å². The quantitative estimate of drug-likeness (QED) is 0.341. The van der Waals surface area contributed by atoms with Crippen molar-refractivity contribution in [2.24, 2.45) is 0 Å². The summed E-state index contributed by atoms with van der Waals surface area (Å²) in [6.45, 7) is 2.14. The van der Waals surface area contributed by atoms with Gasteiger partial charge in [0.1, 0.15) is 0 Å². The maximum Gasteiger partial charge on any atom is 0.187 e. The van der Waals surface area contributed by atoms with Crippen molar-refractivity contribution in [2.75, 3.05) is 0 Å². The zero-order valence-electron chi connectivity index (χ0n) is 2.35. The van der Waals surface area contributed by atoms with Crippen LogP contribution >= 0.6 is 0 Å². The molecule has 0 amide bonds. The minimum atomic E-state index is 0. The van der Waals surface area contributed by atoms with E-state index in [0.29, 0.717) is 0 Å². The third kappa shape index (κ3) is 10.5. The van der Waals surface area contributed by atoms with Gasteiger partial charge in [0.05, 0.1) is 0 Å². The van der Waals surface area contributed by atoms with Gasteiger partial charge in [0.15, 0.2) is 17.4 Å². The Morgan fingerprint density at radius 3 is 1.25 bits per heavy atom. The van der Waals surface area contributed by atoms with Crippen LogP contribution in [-0.2, 0) is 17.1 Å². The Bertz CT molecular complexity index is 8.00. The normalized spacial score (nSPS) is 2.25. The third-order valence-corrected chi connectivity index (χ3v) is 0. The van der Waals surface area contributed by atoms with Gasteiger partial charge in [0.2, 0.25) is 0 Å². The Hall–Kier alpha value is 1.27. The van der Waals surface area contributed by atoms with Crippen molar-refractivity contribution < 1.29 is 17.1 Å². The molecule has 0 spiro atoms. The van der Waals surface area contributed by atoms with Gasteiger partial charge in [0.25, 0.3) is 0 Å². The van der Waals surface area contributed by atoms with Crippen molar-refractivity contribution in [3.8, 4) is 0 Å². The molecular formula is CH9AlFeSi. The van der Waals surface area contributed by atoms with Crippen LogP contribution in [0.4, 0.5) is 0 Å². The predicted molar refractivity (Wildman–Crippen MR) is 25.7 cm³/mol. The number of hydrogen-bond donors (Lipinski definition) is 0. The van der Waals surface area contributed by atoms with Gasteiger partial charge in [-0.3, -0.25) is 0 Å². The Labute approximate surface area is 51.4 Å². The Morgan fingerprint density at radius 1 is 1.25 bits per heavy atom. The van der Waals surface area contributed by atoms with Crippen LogP contribution in [0.5, 0.6) is 0 Å². The van der Waals surface area contributed by atoms with E-state index in [4.69, 9.17) is 0 Å². The first-order valence-electron chi connectivity index (χ1n) is 1.00. The molecule has 0 atom stereocenters. The minimum Gasteiger partial charge on any atom is -0.0777 e. The first-order chi connectivity index (χ1) is 1.00. The van der Waals surface area contributed by atoms with Crippen molar-refractivity contribution >= 4 is 27.6 Å². The molecule has 0 aromatic rings. The van der Waals surface area contributed by atoms with Gasteiger partial charge in [-0.25, -0.2) is 0 Å². The summed E-state index contributed by atoms with van der Waals surface area (Å²) in [5, 5.41) is 0. The van der Waals surface area contributed by atoms with Gasteiger partial charge < -0.3 is 0 Å². The van der Waals surface area contributed by atoms with Crippen LogP contribution in [-0.4, -0.2) is 27.6 Å². The summed E-state index contributed by atoms with van der Waals surface area (Å²) in [7, 11) is 1.31. The molecule has 0 saturated carbocycles. The first-order valence-corrected chi connectivity index (χ1v) is 3.00. The van der Waals surface area contributed by atoms with Gasteiger partial charge in [-0.05, 0) is 10.2 Å². The minimum absolute atomic E-state index is 0. The van der Waals surface area contributed by atoms with Gasteiger partial charge in [0, 0.05) is 17.1 Å². The standard InChI is InChI=1S/CH6Si.Al.Fe.3H/c1-2;;;;;/h1-2H3;;;;;. The average Bonchev–Trinajstić information content (AvgIpc) is 1.00. The van der Waals surface area contributed by atoms with E-state index in [1.807, 2.05) is 0 Å². The molecule has 0 aromatic carbocycles. The van der Waals surface area contributed by atoms with E-state index in [9.17, 15) is 0 Å². The summed E-state index contributed by atoms with van der Waals surface area (Å²) in [6, 6.07) is 0. The second kappa shape index (κ2) is 28.3. The fourth-order valence-corrected chi connectivity index (χ4v) is 0. The van der Waals surface area contributed by atoms with E-state index < -0.39 is 0 Å². The summed E-state index contributed by atoms with van der Waals surface area (Å²) in [6.07, 6.45) is 0. The molecule has 0 saturated heterocycles. The zero-order chi connectivity index (χ0) is 2.00. The molecule has 0 N–H and O–H groups in total. The van der Waals surface area contributed by atoms with Gasteiger partial charge >= 0.3 is 0 Å². The average molecular weight is 132 g/mol. The van der Waals surface area contributed by atoms with Crippen LogP contribution in [0, 0.1) is 0 Å². The summed E-state index contributed by atoms with van der Waals surface area (Å²) in [5.41, 5.74) is 0. The second-order valence-corrected chi connectivity index (χ2v) is 0. The maximum atomic E-state index is 2.14. The molecule has 0 aliphatic heterocycles. The topological polar surface area (TPSA) is 0 Å². The summed E-state index contributed by atoms with van der Waals surface area (Å²) < 4.78 is 0. The fourth-order valence-electron chi connectivity index (χ4n) is 0. The van der Waals surface area contributed by atoms with Crippen molar-refractivity contribution in [1.29, 1.82) is 0 Å². The number of hydrogen-bond acceptors (Lipinski definition) is 0. The molecule has 0 heterocycles. The van der Waals surface area contributed by atoms with Crippen LogP contribution in [0.3, 0.4) is 0 Å². The summed E-state index contributed by atoms with van der Waals surface area (Å²) in [5.74, 6) is 0. The smallest absolute Gasteiger partial charge is 0.0777 e. The molecule has 4 heavy (non-hydrogen) atoms. The van der Waals surface area contributed by atoms with Crippen LogP contribution in [0.25, 0.3) is 0 Å².